The van der Waals surface area contributed by atoms with Gasteiger partial charge in [0.05, 0.1) is 6.10 Å². The molecule has 0 aromatic heterocycles. The minimum atomic E-state index is -1.33. The third-order valence-electron chi connectivity index (χ3n) is 1.64. The van der Waals surface area contributed by atoms with E-state index in [1.165, 1.54) is 0 Å². The van der Waals surface area contributed by atoms with Gasteiger partial charge in [-0.3, -0.25) is 0 Å². The van der Waals surface area contributed by atoms with Crippen molar-refractivity contribution in [1.82, 2.24) is 0 Å². The van der Waals surface area contributed by atoms with Gasteiger partial charge in [0, 0.05) is 6.04 Å². The number of nitrogens with two attached hydrogens (primary N) is 2. The quantitative estimate of drug-likeness (QED) is 0.578. The van der Waals surface area contributed by atoms with Crippen LogP contribution in [0.5, 0.6) is 0 Å². The van der Waals surface area contributed by atoms with E-state index in [4.69, 9.17) is 15.6 Å². The Morgan fingerprint density at radius 3 is 2.07 bits per heavy atom. The largest absolute Gasteiger partial charge is 0.465 e. The molecule has 2 atom stereocenters. The van der Waals surface area contributed by atoms with Gasteiger partial charge in [0.2, 0.25) is 0 Å². The van der Waals surface area contributed by atoms with Gasteiger partial charge < -0.3 is 21.7 Å². The van der Waals surface area contributed by atoms with E-state index < -0.39 is 12.2 Å². The molecule has 0 radical (unpaired) electrons. The molecule has 1 aromatic carbocycles. The zero-order valence-corrected chi connectivity index (χ0v) is 8.50. The van der Waals surface area contributed by atoms with E-state index >= 15 is 0 Å². The van der Waals surface area contributed by atoms with Crippen molar-refractivity contribution in [3.8, 4) is 0 Å². The molecule has 0 heterocycles. The summed E-state index contributed by atoms with van der Waals surface area (Å²) < 4.78 is 0. The second kappa shape index (κ2) is 6.80. The van der Waals surface area contributed by atoms with Crippen LogP contribution in [0.2, 0.25) is 0 Å². The highest BCUT2D eigenvalue weighted by Gasteiger charge is 2.10. The van der Waals surface area contributed by atoms with E-state index in [1.54, 1.807) is 6.92 Å². The molecule has 0 aliphatic heterocycles. The summed E-state index contributed by atoms with van der Waals surface area (Å²) in [7, 11) is 0. The van der Waals surface area contributed by atoms with E-state index in [-0.39, 0.29) is 6.04 Å². The summed E-state index contributed by atoms with van der Waals surface area (Å²) in [5, 5.41) is 16.7. The molecule has 5 nitrogen and oxygen atoms in total. The Kier molecular flexibility index (Phi) is 6.08. The predicted octanol–water partition coefficient (Wildman–Crippen LogP) is 0.690. The SMILES string of the molecule is C[C@@H](N)[C@@H](O)c1ccccc1.NC(=O)O. The van der Waals surface area contributed by atoms with Crippen molar-refractivity contribution < 1.29 is 15.0 Å². The molecule has 1 aromatic rings. The van der Waals surface area contributed by atoms with Crippen molar-refractivity contribution in [2.75, 3.05) is 0 Å². The highest BCUT2D eigenvalue weighted by atomic mass is 16.4. The number of benzene rings is 1. The second-order valence-corrected chi connectivity index (χ2v) is 3.05. The van der Waals surface area contributed by atoms with Crippen LogP contribution in [0, 0.1) is 0 Å². The maximum absolute atomic E-state index is 9.47. The molecule has 0 saturated carbocycles. The average Bonchev–Trinajstić information content (AvgIpc) is 2.17. The highest BCUT2D eigenvalue weighted by molar-refractivity contribution is 5.61. The lowest BCUT2D eigenvalue weighted by molar-refractivity contribution is 0.153. The minimum absolute atomic E-state index is 0.211. The van der Waals surface area contributed by atoms with Gasteiger partial charge in [-0.1, -0.05) is 30.3 Å². The van der Waals surface area contributed by atoms with Gasteiger partial charge in [-0.2, -0.15) is 0 Å². The Bertz CT molecular complexity index is 284. The molecule has 1 amide bonds. The number of hydrogen-bond acceptors (Lipinski definition) is 3. The summed E-state index contributed by atoms with van der Waals surface area (Å²) in [5.41, 5.74) is 10.4. The average molecular weight is 212 g/mol. The number of hydrogen-bond donors (Lipinski definition) is 4. The molecular weight excluding hydrogens is 196 g/mol. The van der Waals surface area contributed by atoms with Crippen LogP contribution in [-0.4, -0.2) is 22.3 Å². The van der Waals surface area contributed by atoms with Gasteiger partial charge >= 0.3 is 6.09 Å². The summed E-state index contributed by atoms with van der Waals surface area (Å²) in [6.45, 7) is 1.79. The third kappa shape index (κ3) is 6.48. The van der Waals surface area contributed by atoms with Gasteiger partial charge in [-0.15, -0.1) is 0 Å². The normalized spacial score (nSPS) is 13.3. The summed E-state index contributed by atoms with van der Waals surface area (Å²) in [6.07, 6.45) is -1.88. The van der Waals surface area contributed by atoms with Crippen LogP contribution in [0.1, 0.15) is 18.6 Å². The van der Waals surface area contributed by atoms with Crippen LogP contribution in [-0.2, 0) is 0 Å². The molecule has 0 spiro atoms. The summed E-state index contributed by atoms with van der Waals surface area (Å²) in [5.74, 6) is 0. The lowest BCUT2D eigenvalue weighted by Crippen LogP contribution is -2.24. The molecule has 1 rings (SSSR count). The first-order valence-corrected chi connectivity index (χ1v) is 4.42. The standard InChI is InChI=1S/C9H13NO.CH3NO2/c1-7(10)9(11)8-5-3-2-4-6-8;2-1(3)4/h2-7,9,11H,10H2,1H3;2H2,(H,3,4)/t7-,9-;/m1./s1. The van der Waals surface area contributed by atoms with E-state index in [0.29, 0.717) is 0 Å². The third-order valence-corrected chi connectivity index (χ3v) is 1.64. The number of aliphatic hydroxyl groups is 1. The Morgan fingerprint density at radius 2 is 1.73 bits per heavy atom. The van der Waals surface area contributed by atoms with E-state index in [2.05, 4.69) is 5.73 Å². The van der Waals surface area contributed by atoms with Gasteiger partial charge in [-0.25, -0.2) is 4.79 Å². The van der Waals surface area contributed by atoms with Crippen LogP contribution in [0.15, 0.2) is 30.3 Å². The summed E-state index contributed by atoms with van der Waals surface area (Å²) in [4.78, 5) is 8.78. The van der Waals surface area contributed by atoms with E-state index in [1.807, 2.05) is 30.3 Å². The first-order chi connectivity index (χ1) is 6.95. The topological polar surface area (TPSA) is 110 Å². The minimum Gasteiger partial charge on any atom is -0.465 e. The second-order valence-electron chi connectivity index (χ2n) is 3.05. The van der Waals surface area contributed by atoms with Crippen LogP contribution < -0.4 is 11.5 Å². The summed E-state index contributed by atoms with van der Waals surface area (Å²) in [6, 6.07) is 9.22. The zero-order chi connectivity index (χ0) is 11.8. The maximum atomic E-state index is 9.47. The molecule has 0 aliphatic carbocycles. The molecule has 0 aliphatic rings. The molecule has 0 bridgehead atoms. The van der Waals surface area contributed by atoms with Crippen LogP contribution in [0.25, 0.3) is 0 Å². The predicted molar refractivity (Wildman–Crippen MR) is 57.3 cm³/mol. The molecule has 5 heteroatoms. The highest BCUT2D eigenvalue weighted by Crippen LogP contribution is 2.13. The lowest BCUT2D eigenvalue weighted by atomic mass is 10.0. The zero-order valence-electron chi connectivity index (χ0n) is 8.50. The van der Waals surface area contributed by atoms with Gasteiger partial charge in [0.15, 0.2) is 0 Å². The molecule has 0 saturated heterocycles. The monoisotopic (exact) mass is 212 g/mol. The number of carboxylic acid groups (broad SMARTS) is 1. The number of rotatable bonds is 2. The molecule has 84 valence electrons. The van der Waals surface area contributed by atoms with Crippen LogP contribution >= 0.6 is 0 Å². The lowest BCUT2D eigenvalue weighted by Gasteiger charge is -2.13. The van der Waals surface area contributed by atoms with Crippen molar-refractivity contribution in [2.45, 2.75) is 19.1 Å². The Labute approximate surface area is 88.3 Å². The van der Waals surface area contributed by atoms with Crippen LogP contribution in [0.4, 0.5) is 4.79 Å². The fourth-order valence-electron chi connectivity index (χ4n) is 0.954. The molecule has 15 heavy (non-hydrogen) atoms. The van der Waals surface area contributed by atoms with E-state index in [0.717, 1.165) is 5.56 Å². The van der Waals surface area contributed by atoms with Crippen molar-refractivity contribution >= 4 is 6.09 Å². The van der Waals surface area contributed by atoms with Crippen molar-refractivity contribution in [3.63, 3.8) is 0 Å². The van der Waals surface area contributed by atoms with Gasteiger partial charge in [0.25, 0.3) is 0 Å². The molecule has 0 unspecified atom stereocenters. The maximum Gasteiger partial charge on any atom is 0.402 e. The van der Waals surface area contributed by atoms with Crippen molar-refractivity contribution in [1.29, 1.82) is 0 Å². The molecule has 6 N–H and O–H groups in total. The Morgan fingerprint density at radius 1 is 1.33 bits per heavy atom. The number of primary amides is 1. The van der Waals surface area contributed by atoms with Crippen molar-refractivity contribution in [2.24, 2.45) is 11.5 Å². The van der Waals surface area contributed by atoms with Crippen LogP contribution in [0.3, 0.4) is 0 Å². The van der Waals surface area contributed by atoms with Gasteiger partial charge in [-0.05, 0) is 12.5 Å². The first kappa shape index (κ1) is 13.4. The van der Waals surface area contributed by atoms with Gasteiger partial charge in [0.1, 0.15) is 0 Å². The smallest absolute Gasteiger partial charge is 0.402 e. The number of amides is 1. The molecular formula is C10H16N2O3. The Balaban J connectivity index is 0.000000423. The fourth-order valence-corrected chi connectivity index (χ4v) is 0.954. The van der Waals surface area contributed by atoms with E-state index in [9.17, 15) is 5.11 Å². The number of aliphatic hydroxyl groups excluding tert-OH is 1. The van der Waals surface area contributed by atoms with Crippen molar-refractivity contribution in [3.05, 3.63) is 35.9 Å². The number of carbonyl (C=O) groups is 1. The first-order valence-electron chi connectivity index (χ1n) is 4.42. The fraction of sp³-hybridized carbons (Fsp3) is 0.300. The summed E-state index contributed by atoms with van der Waals surface area (Å²) >= 11 is 0. The Hall–Kier alpha value is -1.59. The molecule has 0 fully saturated rings.